The standard InChI is InChI=1S/C55H38/c1-55(2)51-21-10-9-18-45(51)46-28-27-44(34-52(46)55)53-47-19-7-8-20-48(47)54(43-17-11-16-39(32-43)40-24-22-35-12-3-5-14-37(35)30-40)50-33-42(26-29-49(50)53)41-25-23-36-13-4-6-15-38(36)31-41/h3-34H,1-2H3. The van der Waals surface area contributed by atoms with Gasteiger partial charge in [0.25, 0.3) is 0 Å². The van der Waals surface area contributed by atoms with E-state index in [1.54, 1.807) is 0 Å². The van der Waals surface area contributed by atoms with Crippen molar-refractivity contribution in [3.8, 4) is 55.6 Å². The van der Waals surface area contributed by atoms with Crippen LogP contribution < -0.4 is 0 Å². The van der Waals surface area contributed by atoms with Gasteiger partial charge in [0.1, 0.15) is 0 Å². The van der Waals surface area contributed by atoms with Gasteiger partial charge in [-0.25, -0.2) is 0 Å². The number of fused-ring (bicyclic) bond motifs is 7. The molecule has 11 rings (SSSR count). The molecule has 0 aliphatic heterocycles. The molecular formula is C55H38. The van der Waals surface area contributed by atoms with Crippen LogP contribution in [-0.4, -0.2) is 0 Å². The van der Waals surface area contributed by atoms with E-state index in [0.29, 0.717) is 0 Å². The summed E-state index contributed by atoms with van der Waals surface area (Å²) in [5.41, 5.74) is 15.3. The Hall–Kier alpha value is -6.76. The third-order valence-electron chi connectivity index (χ3n) is 12.2. The summed E-state index contributed by atoms with van der Waals surface area (Å²) in [7, 11) is 0. The van der Waals surface area contributed by atoms with E-state index in [0.717, 1.165) is 0 Å². The first-order valence-electron chi connectivity index (χ1n) is 19.3. The van der Waals surface area contributed by atoms with Crippen molar-refractivity contribution in [2.45, 2.75) is 19.3 Å². The Labute approximate surface area is 322 Å². The average Bonchev–Trinajstić information content (AvgIpc) is 3.47. The molecule has 0 heterocycles. The fourth-order valence-electron chi connectivity index (χ4n) is 9.43. The molecule has 0 atom stereocenters. The lowest BCUT2D eigenvalue weighted by molar-refractivity contribution is 0.660. The Morgan fingerprint density at radius 1 is 0.273 bits per heavy atom. The van der Waals surface area contributed by atoms with Crippen LogP contribution in [0.4, 0.5) is 0 Å². The highest BCUT2D eigenvalue weighted by Crippen LogP contribution is 2.51. The summed E-state index contributed by atoms with van der Waals surface area (Å²) in [5, 5.41) is 10.1. The van der Waals surface area contributed by atoms with Gasteiger partial charge >= 0.3 is 0 Å². The zero-order valence-electron chi connectivity index (χ0n) is 31.0. The summed E-state index contributed by atoms with van der Waals surface area (Å²) in [6.07, 6.45) is 0. The van der Waals surface area contributed by atoms with Crippen molar-refractivity contribution in [3.63, 3.8) is 0 Å². The third kappa shape index (κ3) is 4.99. The summed E-state index contributed by atoms with van der Waals surface area (Å²) >= 11 is 0. The van der Waals surface area contributed by atoms with Gasteiger partial charge in [-0.15, -0.1) is 0 Å². The molecule has 0 bridgehead atoms. The predicted molar refractivity (Wildman–Crippen MR) is 236 cm³/mol. The van der Waals surface area contributed by atoms with Crippen LogP contribution in [0.15, 0.2) is 194 Å². The predicted octanol–water partition coefficient (Wildman–Crippen LogP) is 15.3. The van der Waals surface area contributed by atoms with Crippen molar-refractivity contribution < 1.29 is 0 Å². The molecule has 1 aliphatic carbocycles. The molecule has 0 saturated heterocycles. The molecule has 0 aromatic heterocycles. The molecule has 1 aliphatic rings. The van der Waals surface area contributed by atoms with Crippen molar-refractivity contribution in [1.29, 1.82) is 0 Å². The maximum atomic E-state index is 2.48. The van der Waals surface area contributed by atoms with E-state index in [-0.39, 0.29) is 5.41 Å². The third-order valence-corrected chi connectivity index (χ3v) is 12.2. The van der Waals surface area contributed by atoms with Gasteiger partial charge < -0.3 is 0 Å². The second-order valence-corrected chi connectivity index (χ2v) is 15.7. The monoisotopic (exact) mass is 698 g/mol. The van der Waals surface area contributed by atoms with Gasteiger partial charge in [-0.05, 0) is 140 Å². The lowest BCUT2D eigenvalue weighted by atomic mass is 9.80. The van der Waals surface area contributed by atoms with Crippen LogP contribution in [0.3, 0.4) is 0 Å². The summed E-state index contributed by atoms with van der Waals surface area (Å²) in [6.45, 7) is 4.75. The Morgan fingerprint density at radius 2 is 0.745 bits per heavy atom. The van der Waals surface area contributed by atoms with Crippen molar-refractivity contribution >= 4 is 43.1 Å². The average molecular weight is 699 g/mol. The molecule has 0 radical (unpaired) electrons. The van der Waals surface area contributed by atoms with Gasteiger partial charge in [0.05, 0.1) is 0 Å². The topological polar surface area (TPSA) is 0 Å². The molecule has 0 saturated carbocycles. The lowest BCUT2D eigenvalue weighted by Crippen LogP contribution is -2.14. The van der Waals surface area contributed by atoms with E-state index < -0.39 is 0 Å². The SMILES string of the molecule is CC1(C)c2ccccc2-c2ccc(-c3c4ccccc4c(-c4cccc(-c5ccc6ccccc6c5)c4)c4cc(-c5ccc6ccccc6c5)ccc34)cc21. The van der Waals surface area contributed by atoms with E-state index in [9.17, 15) is 0 Å². The van der Waals surface area contributed by atoms with Gasteiger partial charge in [-0.2, -0.15) is 0 Å². The molecule has 0 spiro atoms. The first-order chi connectivity index (χ1) is 27.0. The molecule has 0 fully saturated rings. The number of hydrogen-bond donors (Lipinski definition) is 0. The Morgan fingerprint density at radius 3 is 1.45 bits per heavy atom. The first kappa shape index (κ1) is 31.7. The molecule has 0 heteroatoms. The van der Waals surface area contributed by atoms with Crippen molar-refractivity contribution in [2.75, 3.05) is 0 Å². The van der Waals surface area contributed by atoms with Gasteiger partial charge in [-0.1, -0.05) is 178 Å². The van der Waals surface area contributed by atoms with E-state index in [4.69, 9.17) is 0 Å². The van der Waals surface area contributed by atoms with E-state index in [1.807, 2.05) is 0 Å². The second kappa shape index (κ2) is 12.1. The molecular weight excluding hydrogens is 661 g/mol. The number of rotatable bonds is 4. The van der Waals surface area contributed by atoms with Crippen LogP contribution >= 0.6 is 0 Å². The molecule has 0 N–H and O–H groups in total. The van der Waals surface area contributed by atoms with Crippen LogP contribution in [0, 0.1) is 0 Å². The fraction of sp³-hybridized carbons (Fsp3) is 0.0545. The van der Waals surface area contributed by atoms with Crippen molar-refractivity contribution in [2.24, 2.45) is 0 Å². The largest absolute Gasteiger partial charge is 0.0619 e. The van der Waals surface area contributed by atoms with Crippen LogP contribution in [0.1, 0.15) is 25.0 Å². The van der Waals surface area contributed by atoms with E-state index >= 15 is 0 Å². The summed E-state index contributed by atoms with van der Waals surface area (Å²) in [4.78, 5) is 0. The summed E-state index contributed by atoms with van der Waals surface area (Å²) in [5.74, 6) is 0. The molecule has 10 aromatic carbocycles. The minimum atomic E-state index is -0.0834. The number of benzene rings is 10. The van der Waals surface area contributed by atoms with Crippen LogP contribution in [0.2, 0.25) is 0 Å². The highest BCUT2D eigenvalue weighted by atomic mass is 14.4. The maximum absolute atomic E-state index is 2.48. The van der Waals surface area contributed by atoms with Gasteiger partial charge in [0.15, 0.2) is 0 Å². The van der Waals surface area contributed by atoms with E-state index in [2.05, 4.69) is 208 Å². The molecule has 10 aromatic rings. The van der Waals surface area contributed by atoms with E-state index in [1.165, 1.54) is 110 Å². The van der Waals surface area contributed by atoms with Crippen LogP contribution in [0.5, 0.6) is 0 Å². The quantitative estimate of drug-likeness (QED) is 0.161. The van der Waals surface area contributed by atoms with Gasteiger partial charge in [-0.3, -0.25) is 0 Å². The lowest BCUT2D eigenvalue weighted by Gasteiger charge is -2.23. The Balaban J connectivity index is 1.18. The minimum Gasteiger partial charge on any atom is -0.0619 e. The normalized spacial score (nSPS) is 13.1. The zero-order valence-corrected chi connectivity index (χ0v) is 31.0. The zero-order chi connectivity index (χ0) is 36.7. The van der Waals surface area contributed by atoms with Crippen molar-refractivity contribution in [1.82, 2.24) is 0 Å². The molecule has 0 unspecified atom stereocenters. The fourth-order valence-corrected chi connectivity index (χ4v) is 9.43. The molecule has 0 amide bonds. The number of hydrogen-bond acceptors (Lipinski definition) is 0. The summed E-state index contributed by atoms with van der Waals surface area (Å²) < 4.78 is 0. The minimum absolute atomic E-state index is 0.0834. The van der Waals surface area contributed by atoms with Crippen LogP contribution in [-0.2, 0) is 5.41 Å². The maximum Gasteiger partial charge on any atom is 0.0159 e. The molecule has 0 nitrogen and oxygen atoms in total. The van der Waals surface area contributed by atoms with Gasteiger partial charge in [0, 0.05) is 5.41 Å². The van der Waals surface area contributed by atoms with Crippen molar-refractivity contribution in [3.05, 3.63) is 205 Å². The first-order valence-corrected chi connectivity index (χ1v) is 19.3. The second-order valence-electron chi connectivity index (χ2n) is 15.7. The highest BCUT2D eigenvalue weighted by Gasteiger charge is 2.35. The van der Waals surface area contributed by atoms with Gasteiger partial charge in [0.2, 0.25) is 0 Å². The highest BCUT2D eigenvalue weighted by molar-refractivity contribution is 6.22. The molecule has 55 heavy (non-hydrogen) atoms. The smallest absolute Gasteiger partial charge is 0.0159 e. The molecule has 258 valence electrons. The Bertz CT molecular complexity index is 3180. The van der Waals surface area contributed by atoms with Crippen LogP contribution in [0.25, 0.3) is 98.7 Å². The summed E-state index contributed by atoms with van der Waals surface area (Å²) in [6, 6.07) is 72.4. The Kier molecular flexibility index (Phi) is 7.00.